The van der Waals surface area contributed by atoms with Gasteiger partial charge < -0.3 is 5.11 Å². The van der Waals surface area contributed by atoms with Crippen LogP contribution in [0.4, 0.5) is 5.13 Å². The molecule has 1 amide bonds. The summed E-state index contributed by atoms with van der Waals surface area (Å²) in [6, 6.07) is 3.56. The van der Waals surface area contributed by atoms with E-state index in [0.29, 0.717) is 13.8 Å². The molecule has 110 valence electrons. The van der Waals surface area contributed by atoms with Gasteiger partial charge in [-0.1, -0.05) is 34.7 Å². The van der Waals surface area contributed by atoms with Crippen LogP contribution in [0.5, 0.6) is 0 Å². The van der Waals surface area contributed by atoms with Crippen LogP contribution in [0.15, 0.2) is 22.5 Å². The van der Waals surface area contributed by atoms with Crippen molar-refractivity contribution in [2.24, 2.45) is 0 Å². The summed E-state index contributed by atoms with van der Waals surface area (Å²) in [5.74, 6) is -1.37. The molecular formula is C11H8ClN3O3S3. The molecule has 0 aromatic carbocycles. The van der Waals surface area contributed by atoms with Crippen molar-refractivity contribution in [1.82, 2.24) is 10.2 Å². The van der Waals surface area contributed by atoms with E-state index in [1.165, 1.54) is 17.4 Å². The zero-order valence-corrected chi connectivity index (χ0v) is 13.5. The number of carboxylic acid groups (broad SMARTS) is 1. The molecule has 0 aliphatic heterocycles. The van der Waals surface area contributed by atoms with Crippen LogP contribution in [0.3, 0.4) is 0 Å². The summed E-state index contributed by atoms with van der Waals surface area (Å²) in [4.78, 5) is 23.0. The third-order valence-corrected chi connectivity index (χ3v) is 5.10. The second-order valence-electron chi connectivity index (χ2n) is 3.52. The zero-order chi connectivity index (χ0) is 15.2. The molecule has 0 aliphatic carbocycles. The highest BCUT2D eigenvalue weighted by atomic mass is 35.5. The highest BCUT2D eigenvalue weighted by Gasteiger charge is 2.08. The number of hydrogen-bond acceptors (Lipinski definition) is 7. The SMILES string of the molecule is O=C(O)CSc1nnc(NC(=O)C=Cc2ccc(Cl)s2)s1. The minimum absolute atomic E-state index is 0.0956. The summed E-state index contributed by atoms with van der Waals surface area (Å²) in [6.45, 7) is 0. The van der Waals surface area contributed by atoms with Gasteiger partial charge in [0.2, 0.25) is 11.0 Å². The van der Waals surface area contributed by atoms with E-state index in [2.05, 4.69) is 15.5 Å². The van der Waals surface area contributed by atoms with Gasteiger partial charge in [-0.25, -0.2) is 0 Å². The first kappa shape index (κ1) is 16.0. The molecule has 0 saturated carbocycles. The van der Waals surface area contributed by atoms with Gasteiger partial charge in [-0.05, 0) is 18.2 Å². The molecule has 21 heavy (non-hydrogen) atoms. The van der Waals surface area contributed by atoms with Crippen molar-refractivity contribution in [2.75, 3.05) is 11.1 Å². The molecule has 0 unspecified atom stereocenters. The number of aliphatic carboxylic acids is 1. The van der Waals surface area contributed by atoms with Crippen molar-refractivity contribution in [2.45, 2.75) is 4.34 Å². The summed E-state index contributed by atoms with van der Waals surface area (Å²) in [5, 5.41) is 19.0. The van der Waals surface area contributed by atoms with Gasteiger partial charge in [0, 0.05) is 11.0 Å². The minimum atomic E-state index is -0.932. The van der Waals surface area contributed by atoms with Crippen molar-refractivity contribution in [3.63, 3.8) is 0 Å². The molecule has 0 spiro atoms. The smallest absolute Gasteiger partial charge is 0.313 e. The first-order valence-corrected chi connectivity index (χ1v) is 8.45. The second kappa shape index (κ2) is 7.55. The number of carbonyl (C=O) groups excluding carboxylic acids is 1. The zero-order valence-electron chi connectivity index (χ0n) is 10.3. The molecule has 0 radical (unpaired) electrons. The Balaban J connectivity index is 1.87. The molecule has 6 nitrogen and oxygen atoms in total. The van der Waals surface area contributed by atoms with Gasteiger partial charge in [-0.2, -0.15) is 0 Å². The maximum absolute atomic E-state index is 11.7. The van der Waals surface area contributed by atoms with Crippen molar-refractivity contribution in [1.29, 1.82) is 0 Å². The van der Waals surface area contributed by atoms with E-state index in [1.54, 1.807) is 12.1 Å². The molecule has 2 N–H and O–H groups in total. The number of anilines is 1. The number of nitrogens with one attached hydrogen (secondary N) is 1. The van der Waals surface area contributed by atoms with Gasteiger partial charge in [-0.15, -0.1) is 21.5 Å². The molecule has 0 atom stereocenters. The maximum Gasteiger partial charge on any atom is 0.313 e. The number of thiophene rings is 1. The average Bonchev–Trinajstić information content (AvgIpc) is 3.03. The van der Waals surface area contributed by atoms with Crippen LogP contribution < -0.4 is 5.32 Å². The van der Waals surface area contributed by atoms with Crippen LogP contribution in [0, 0.1) is 0 Å². The summed E-state index contributed by atoms with van der Waals surface area (Å²) in [7, 11) is 0. The van der Waals surface area contributed by atoms with Crippen LogP contribution in [0.2, 0.25) is 4.34 Å². The highest BCUT2D eigenvalue weighted by molar-refractivity contribution is 8.01. The molecule has 0 saturated heterocycles. The van der Waals surface area contributed by atoms with Crippen LogP contribution in [-0.4, -0.2) is 32.9 Å². The van der Waals surface area contributed by atoms with Gasteiger partial charge in [0.25, 0.3) is 0 Å². The summed E-state index contributed by atoms with van der Waals surface area (Å²) in [6.07, 6.45) is 3.01. The van der Waals surface area contributed by atoms with E-state index in [1.807, 2.05) is 6.07 Å². The fourth-order valence-electron chi connectivity index (χ4n) is 1.16. The van der Waals surface area contributed by atoms with Gasteiger partial charge in [0.1, 0.15) is 0 Å². The normalized spacial score (nSPS) is 10.9. The maximum atomic E-state index is 11.7. The molecular weight excluding hydrogens is 354 g/mol. The molecule has 2 heterocycles. The van der Waals surface area contributed by atoms with E-state index in [9.17, 15) is 9.59 Å². The third kappa shape index (κ3) is 5.46. The molecule has 0 fully saturated rings. The van der Waals surface area contributed by atoms with E-state index < -0.39 is 5.97 Å². The minimum Gasteiger partial charge on any atom is -0.481 e. The Morgan fingerprint density at radius 3 is 2.86 bits per heavy atom. The number of rotatable bonds is 6. The van der Waals surface area contributed by atoms with Crippen LogP contribution in [0.1, 0.15) is 4.88 Å². The molecule has 0 bridgehead atoms. The van der Waals surface area contributed by atoms with Crippen molar-refractivity contribution in [3.8, 4) is 0 Å². The summed E-state index contributed by atoms with van der Waals surface area (Å²) in [5.41, 5.74) is 0. The van der Waals surface area contributed by atoms with E-state index in [-0.39, 0.29) is 11.7 Å². The van der Waals surface area contributed by atoms with Gasteiger partial charge in [0.15, 0.2) is 4.34 Å². The van der Waals surface area contributed by atoms with E-state index in [4.69, 9.17) is 16.7 Å². The Hall–Kier alpha value is -1.42. The monoisotopic (exact) mass is 361 g/mol. The second-order valence-corrected chi connectivity index (χ2v) is 7.47. The summed E-state index contributed by atoms with van der Waals surface area (Å²) >= 11 is 9.32. The number of nitrogens with zero attached hydrogens (tertiary/aromatic N) is 2. The van der Waals surface area contributed by atoms with E-state index in [0.717, 1.165) is 28.0 Å². The molecule has 2 aromatic heterocycles. The number of aromatic nitrogens is 2. The number of thioether (sulfide) groups is 1. The van der Waals surface area contributed by atoms with Crippen LogP contribution >= 0.6 is 46.0 Å². The Morgan fingerprint density at radius 2 is 2.19 bits per heavy atom. The van der Waals surface area contributed by atoms with Crippen LogP contribution in [0.25, 0.3) is 6.08 Å². The molecule has 2 rings (SSSR count). The van der Waals surface area contributed by atoms with Crippen molar-refractivity contribution >= 4 is 69.1 Å². The highest BCUT2D eigenvalue weighted by Crippen LogP contribution is 2.25. The molecule has 0 aliphatic rings. The van der Waals surface area contributed by atoms with Crippen molar-refractivity contribution < 1.29 is 14.7 Å². The third-order valence-electron chi connectivity index (χ3n) is 1.95. The lowest BCUT2D eigenvalue weighted by atomic mass is 10.4. The fraction of sp³-hybridized carbons (Fsp3) is 0.0909. The largest absolute Gasteiger partial charge is 0.481 e. The Labute approximate surface area is 136 Å². The Kier molecular flexibility index (Phi) is 5.74. The number of amides is 1. The number of carbonyl (C=O) groups is 2. The van der Waals surface area contributed by atoms with Gasteiger partial charge >= 0.3 is 5.97 Å². The quantitative estimate of drug-likeness (QED) is 0.466. The van der Waals surface area contributed by atoms with Gasteiger partial charge in [0.05, 0.1) is 10.1 Å². The Bertz CT molecular complexity index is 683. The number of hydrogen-bond donors (Lipinski definition) is 2. The lowest BCUT2D eigenvalue weighted by Gasteiger charge is -1.93. The topological polar surface area (TPSA) is 92.2 Å². The average molecular weight is 362 g/mol. The van der Waals surface area contributed by atoms with Crippen LogP contribution in [-0.2, 0) is 9.59 Å². The number of carboxylic acids is 1. The standard InChI is InChI=1S/C11H8ClN3O3S3/c12-7-3-1-6(20-7)2-4-8(16)13-10-14-15-11(21-10)19-5-9(17)18/h1-4H,5H2,(H,17,18)(H,13,14,16). The fourth-order valence-corrected chi connectivity index (χ4v) is 3.60. The predicted octanol–water partition coefficient (Wildman–Crippen LogP) is 3.08. The number of halogens is 1. The Morgan fingerprint density at radius 1 is 1.38 bits per heavy atom. The lowest BCUT2D eigenvalue weighted by Crippen LogP contribution is -2.07. The molecule has 10 heteroatoms. The van der Waals surface area contributed by atoms with E-state index >= 15 is 0 Å². The molecule has 2 aromatic rings. The first-order chi connectivity index (χ1) is 10.0. The first-order valence-electron chi connectivity index (χ1n) is 5.45. The lowest BCUT2D eigenvalue weighted by molar-refractivity contribution is -0.133. The predicted molar refractivity (Wildman–Crippen MR) is 85.3 cm³/mol. The van der Waals surface area contributed by atoms with Gasteiger partial charge in [-0.3, -0.25) is 14.9 Å². The van der Waals surface area contributed by atoms with Crippen molar-refractivity contribution in [3.05, 3.63) is 27.4 Å². The summed E-state index contributed by atoms with van der Waals surface area (Å²) < 4.78 is 1.14.